The van der Waals surface area contributed by atoms with Crippen LogP contribution in [0.5, 0.6) is 0 Å². The summed E-state index contributed by atoms with van der Waals surface area (Å²) in [5.41, 5.74) is 3.28. The number of carbonyl (C=O) groups is 1. The van der Waals surface area contributed by atoms with Gasteiger partial charge in [-0.3, -0.25) is 4.68 Å². The van der Waals surface area contributed by atoms with E-state index in [1.54, 1.807) is 10.9 Å². The zero-order valence-electron chi connectivity index (χ0n) is 11.5. The normalized spacial score (nSPS) is 16.8. The van der Waals surface area contributed by atoms with Crippen LogP contribution in [0.2, 0.25) is 0 Å². The van der Waals surface area contributed by atoms with Gasteiger partial charge in [0, 0.05) is 12.7 Å². The van der Waals surface area contributed by atoms with Crippen LogP contribution in [0.3, 0.4) is 0 Å². The van der Waals surface area contributed by atoms with E-state index in [0.717, 1.165) is 25.1 Å². The van der Waals surface area contributed by atoms with E-state index < -0.39 is 0 Å². The van der Waals surface area contributed by atoms with E-state index in [0.29, 0.717) is 0 Å². The minimum absolute atomic E-state index is 0.104. The van der Waals surface area contributed by atoms with Crippen LogP contribution in [0.4, 0.5) is 10.5 Å². The maximum Gasteiger partial charge on any atom is 0.319 e. The molecule has 2 amide bonds. The Hall–Kier alpha value is -2.30. The van der Waals surface area contributed by atoms with Gasteiger partial charge in [0.05, 0.1) is 17.9 Å². The Morgan fingerprint density at radius 3 is 3.10 bits per heavy atom. The second-order valence-electron chi connectivity index (χ2n) is 4.97. The quantitative estimate of drug-likeness (QED) is 0.901. The number of hydrogen-bond donors (Lipinski definition) is 2. The van der Waals surface area contributed by atoms with E-state index in [1.165, 1.54) is 11.1 Å². The standard InChI is InChI=1S/C15H18N4O/c1-2-19-10-12(9-16-19)17-15(20)18-14-8-7-11-5-3-4-6-13(11)14/h3-6,9-10,14H,2,7-8H2,1H3,(H2,17,18,20)/t14-/m1/s1. The van der Waals surface area contributed by atoms with Crippen LogP contribution in [0.1, 0.15) is 30.5 Å². The summed E-state index contributed by atoms with van der Waals surface area (Å²) in [5.74, 6) is 0. The van der Waals surface area contributed by atoms with Gasteiger partial charge in [0.25, 0.3) is 0 Å². The molecule has 0 fully saturated rings. The fourth-order valence-corrected chi connectivity index (χ4v) is 2.63. The van der Waals surface area contributed by atoms with Gasteiger partial charge in [-0.05, 0) is 30.9 Å². The van der Waals surface area contributed by atoms with Crippen molar-refractivity contribution in [1.82, 2.24) is 15.1 Å². The van der Waals surface area contributed by atoms with Gasteiger partial charge in [-0.15, -0.1) is 0 Å². The van der Waals surface area contributed by atoms with Crippen molar-refractivity contribution < 1.29 is 4.79 Å². The molecule has 1 aromatic carbocycles. The maximum atomic E-state index is 12.0. The van der Waals surface area contributed by atoms with Crippen LogP contribution in [-0.2, 0) is 13.0 Å². The first-order chi connectivity index (χ1) is 9.76. The monoisotopic (exact) mass is 270 g/mol. The predicted octanol–water partition coefficient (Wildman–Crippen LogP) is 2.71. The number of fused-ring (bicyclic) bond motifs is 1. The molecule has 1 heterocycles. The first-order valence-electron chi connectivity index (χ1n) is 6.94. The molecular weight excluding hydrogens is 252 g/mol. The Morgan fingerprint density at radius 1 is 1.45 bits per heavy atom. The van der Waals surface area contributed by atoms with Crippen molar-refractivity contribution in [3.63, 3.8) is 0 Å². The average Bonchev–Trinajstić information content (AvgIpc) is 3.06. The van der Waals surface area contributed by atoms with Crippen LogP contribution in [-0.4, -0.2) is 15.8 Å². The number of nitrogens with one attached hydrogen (secondary N) is 2. The third-order valence-electron chi connectivity index (χ3n) is 3.65. The molecule has 3 rings (SSSR count). The molecule has 1 aliphatic rings. The number of urea groups is 1. The van der Waals surface area contributed by atoms with Gasteiger partial charge in [-0.1, -0.05) is 24.3 Å². The van der Waals surface area contributed by atoms with E-state index in [2.05, 4.69) is 27.9 Å². The summed E-state index contributed by atoms with van der Waals surface area (Å²) < 4.78 is 1.78. The van der Waals surface area contributed by atoms with Crippen molar-refractivity contribution >= 4 is 11.7 Å². The number of hydrogen-bond acceptors (Lipinski definition) is 2. The van der Waals surface area contributed by atoms with E-state index in [9.17, 15) is 4.79 Å². The molecule has 0 radical (unpaired) electrons. The number of aryl methyl sites for hydroxylation is 2. The van der Waals surface area contributed by atoms with Gasteiger partial charge >= 0.3 is 6.03 Å². The Kier molecular flexibility index (Phi) is 3.41. The van der Waals surface area contributed by atoms with Gasteiger partial charge in [0.15, 0.2) is 0 Å². The molecule has 1 aliphatic carbocycles. The van der Waals surface area contributed by atoms with E-state index in [1.807, 2.05) is 25.3 Å². The molecule has 2 aromatic rings. The lowest BCUT2D eigenvalue weighted by Gasteiger charge is -2.14. The van der Waals surface area contributed by atoms with E-state index >= 15 is 0 Å². The molecule has 0 unspecified atom stereocenters. The van der Waals surface area contributed by atoms with E-state index in [4.69, 9.17) is 0 Å². The summed E-state index contributed by atoms with van der Waals surface area (Å²) in [4.78, 5) is 12.0. The number of benzene rings is 1. The highest BCUT2D eigenvalue weighted by Gasteiger charge is 2.23. The van der Waals surface area contributed by atoms with Gasteiger partial charge in [-0.25, -0.2) is 4.79 Å². The summed E-state index contributed by atoms with van der Waals surface area (Å²) in [7, 11) is 0. The van der Waals surface area contributed by atoms with Crippen LogP contribution in [0.15, 0.2) is 36.7 Å². The van der Waals surface area contributed by atoms with Crippen molar-refractivity contribution in [1.29, 1.82) is 0 Å². The van der Waals surface area contributed by atoms with Crippen LogP contribution < -0.4 is 10.6 Å². The summed E-state index contributed by atoms with van der Waals surface area (Å²) in [6, 6.07) is 8.19. The molecule has 0 spiro atoms. The third-order valence-corrected chi connectivity index (χ3v) is 3.65. The zero-order chi connectivity index (χ0) is 13.9. The number of nitrogens with zero attached hydrogens (tertiary/aromatic N) is 2. The largest absolute Gasteiger partial charge is 0.331 e. The van der Waals surface area contributed by atoms with Crippen molar-refractivity contribution in [2.75, 3.05) is 5.32 Å². The number of carbonyl (C=O) groups excluding carboxylic acids is 1. The first-order valence-corrected chi connectivity index (χ1v) is 6.94. The molecule has 5 heteroatoms. The molecule has 5 nitrogen and oxygen atoms in total. The maximum absolute atomic E-state index is 12.0. The van der Waals surface area contributed by atoms with Crippen molar-refractivity contribution in [2.45, 2.75) is 32.4 Å². The SMILES string of the molecule is CCn1cc(NC(=O)N[C@@H]2CCc3ccccc32)cn1. The lowest BCUT2D eigenvalue weighted by Crippen LogP contribution is -2.31. The smallest absolute Gasteiger partial charge is 0.319 e. The second-order valence-corrected chi connectivity index (χ2v) is 4.97. The molecule has 20 heavy (non-hydrogen) atoms. The van der Waals surface area contributed by atoms with Crippen molar-refractivity contribution in [3.05, 3.63) is 47.8 Å². The molecule has 0 aliphatic heterocycles. The lowest BCUT2D eigenvalue weighted by atomic mass is 10.1. The number of rotatable bonds is 3. The fraction of sp³-hybridized carbons (Fsp3) is 0.333. The highest BCUT2D eigenvalue weighted by molar-refractivity contribution is 5.89. The van der Waals surface area contributed by atoms with Crippen molar-refractivity contribution in [3.8, 4) is 0 Å². The molecular formula is C15H18N4O. The molecule has 0 saturated carbocycles. The molecule has 1 aromatic heterocycles. The molecule has 0 bridgehead atoms. The molecule has 2 N–H and O–H groups in total. The fourth-order valence-electron chi connectivity index (χ4n) is 2.63. The Morgan fingerprint density at radius 2 is 2.30 bits per heavy atom. The predicted molar refractivity (Wildman–Crippen MR) is 77.6 cm³/mol. The van der Waals surface area contributed by atoms with Gasteiger partial charge in [-0.2, -0.15) is 5.10 Å². The minimum Gasteiger partial charge on any atom is -0.331 e. The number of anilines is 1. The van der Waals surface area contributed by atoms with Crippen LogP contribution in [0.25, 0.3) is 0 Å². The number of aromatic nitrogens is 2. The average molecular weight is 270 g/mol. The summed E-state index contributed by atoms with van der Waals surface area (Å²) in [6.07, 6.45) is 5.46. The van der Waals surface area contributed by atoms with Gasteiger partial charge in [0.2, 0.25) is 0 Å². The molecule has 104 valence electrons. The van der Waals surface area contributed by atoms with Gasteiger partial charge < -0.3 is 10.6 Å². The summed E-state index contributed by atoms with van der Waals surface area (Å²) >= 11 is 0. The van der Waals surface area contributed by atoms with Crippen LogP contribution in [0, 0.1) is 0 Å². The van der Waals surface area contributed by atoms with E-state index in [-0.39, 0.29) is 12.1 Å². The summed E-state index contributed by atoms with van der Waals surface area (Å²) in [5, 5.41) is 9.97. The molecule has 0 saturated heterocycles. The van der Waals surface area contributed by atoms with Gasteiger partial charge in [0.1, 0.15) is 0 Å². The highest BCUT2D eigenvalue weighted by Crippen LogP contribution is 2.30. The van der Waals surface area contributed by atoms with Crippen LogP contribution >= 0.6 is 0 Å². The molecule has 1 atom stereocenters. The summed E-state index contributed by atoms with van der Waals surface area (Å²) in [6.45, 7) is 2.80. The van der Waals surface area contributed by atoms with Crippen molar-refractivity contribution in [2.24, 2.45) is 0 Å². The highest BCUT2D eigenvalue weighted by atomic mass is 16.2. The second kappa shape index (κ2) is 5.36. The Labute approximate surface area is 118 Å². The zero-order valence-corrected chi connectivity index (χ0v) is 11.5. The number of amides is 2. The third kappa shape index (κ3) is 2.52. The first kappa shape index (κ1) is 12.7. The Balaban J connectivity index is 1.62. The minimum atomic E-state index is -0.178. The topological polar surface area (TPSA) is 59.0 Å². The lowest BCUT2D eigenvalue weighted by molar-refractivity contribution is 0.248. The Bertz CT molecular complexity index is 620.